The van der Waals surface area contributed by atoms with Gasteiger partial charge in [0.15, 0.2) is 16.7 Å². The maximum atomic E-state index is 13.9. The molecule has 4 rings (SSSR count). The molecular weight excluding hydrogens is 448 g/mol. The zero-order valence-corrected chi connectivity index (χ0v) is 17.9. The van der Waals surface area contributed by atoms with Gasteiger partial charge in [-0.25, -0.2) is 19.3 Å². The minimum Gasteiger partial charge on any atom is -0.493 e. The fourth-order valence-electron chi connectivity index (χ4n) is 3.27. The van der Waals surface area contributed by atoms with Crippen LogP contribution in [0.25, 0.3) is 28.2 Å². The summed E-state index contributed by atoms with van der Waals surface area (Å²) >= 11 is 1.31. The zero-order valence-electron chi connectivity index (χ0n) is 17.1. The SMILES string of the molecule is COc1cc2nc(-c3ccc(F)c(C(F)(F)F)c3)n(-c3ccnc(SC)n3)c2cc1OC. The van der Waals surface area contributed by atoms with E-state index in [0.29, 0.717) is 33.5 Å². The molecule has 0 saturated heterocycles. The maximum Gasteiger partial charge on any atom is 0.419 e. The smallest absolute Gasteiger partial charge is 0.419 e. The number of ether oxygens (including phenoxy) is 2. The number of methoxy groups -OCH3 is 2. The molecule has 2 heterocycles. The lowest BCUT2D eigenvalue weighted by atomic mass is 10.1. The molecule has 0 atom stereocenters. The third-order valence-corrected chi connectivity index (χ3v) is 5.28. The van der Waals surface area contributed by atoms with Crippen LogP contribution in [0.2, 0.25) is 0 Å². The van der Waals surface area contributed by atoms with Gasteiger partial charge in [-0.1, -0.05) is 11.8 Å². The fourth-order valence-corrected chi connectivity index (χ4v) is 3.62. The van der Waals surface area contributed by atoms with E-state index < -0.39 is 17.6 Å². The second-order valence-corrected chi connectivity index (χ2v) is 7.33. The van der Waals surface area contributed by atoms with Crippen LogP contribution < -0.4 is 9.47 Å². The highest BCUT2D eigenvalue weighted by atomic mass is 32.2. The predicted molar refractivity (Wildman–Crippen MR) is 112 cm³/mol. The van der Waals surface area contributed by atoms with Gasteiger partial charge in [-0.05, 0) is 30.5 Å². The molecule has 0 spiro atoms. The van der Waals surface area contributed by atoms with Gasteiger partial charge >= 0.3 is 6.18 Å². The topological polar surface area (TPSA) is 62.1 Å². The van der Waals surface area contributed by atoms with Crippen molar-refractivity contribution in [2.45, 2.75) is 11.3 Å². The summed E-state index contributed by atoms with van der Waals surface area (Å²) in [5.41, 5.74) is -0.366. The summed E-state index contributed by atoms with van der Waals surface area (Å²) in [6.45, 7) is 0. The van der Waals surface area contributed by atoms with Crippen LogP contribution in [0, 0.1) is 5.82 Å². The number of rotatable bonds is 5. The Labute approximate surface area is 184 Å². The summed E-state index contributed by atoms with van der Waals surface area (Å²) in [5.74, 6) is -0.0295. The number of fused-ring (bicyclic) bond motifs is 1. The van der Waals surface area contributed by atoms with Crippen molar-refractivity contribution in [3.05, 3.63) is 54.0 Å². The quantitative estimate of drug-likeness (QED) is 0.225. The monoisotopic (exact) mass is 464 g/mol. The van der Waals surface area contributed by atoms with E-state index in [1.54, 1.807) is 29.0 Å². The molecule has 6 nitrogen and oxygen atoms in total. The molecule has 0 aliphatic heterocycles. The van der Waals surface area contributed by atoms with Gasteiger partial charge in [-0.15, -0.1) is 0 Å². The first-order valence-electron chi connectivity index (χ1n) is 9.15. The molecule has 4 aromatic rings. The van der Waals surface area contributed by atoms with E-state index in [1.807, 2.05) is 0 Å². The average Bonchev–Trinajstić information content (AvgIpc) is 3.15. The minimum atomic E-state index is -4.86. The summed E-state index contributed by atoms with van der Waals surface area (Å²) in [6.07, 6.45) is -1.52. The van der Waals surface area contributed by atoms with Crippen LogP contribution in [-0.2, 0) is 6.18 Å². The average molecular weight is 464 g/mol. The third-order valence-electron chi connectivity index (χ3n) is 4.72. The number of alkyl halides is 3. The Kier molecular flexibility index (Phi) is 5.68. The van der Waals surface area contributed by atoms with Crippen LogP contribution >= 0.6 is 11.8 Å². The molecule has 0 N–H and O–H groups in total. The van der Waals surface area contributed by atoms with E-state index in [9.17, 15) is 17.6 Å². The van der Waals surface area contributed by atoms with Crippen molar-refractivity contribution in [1.29, 1.82) is 0 Å². The van der Waals surface area contributed by atoms with Gasteiger partial charge in [0.1, 0.15) is 17.5 Å². The molecule has 0 saturated carbocycles. The lowest BCUT2D eigenvalue weighted by molar-refractivity contribution is -0.139. The van der Waals surface area contributed by atoms with Crippen molar-refractivity contribution in [1.82, 2.24) is 19.5 Å². The van der Waals surface area contributed by atoms with Gasteiger partial charge < -0.3 is 9.47 Å². The molecule has 0 unspecified atom stereocenters. The molecule has 2 aromatic carbocycles. The largest absolute Gasteiger partial charge is 0.493 e. The molecule has 11 heteroatoms. The molecule has 0 aliphatic rings. The van der Waals surface area contributed by atoms with Crippen molar-refractivity contribution in [2.75, 3.05) is 20.5 Å². The molecule has 0 aliphatic carbocycles. The Morgan fingerprint density at radius 2 is 1.69 bits per heavy atom. The number of aromatic nitrogens is 4. The number of hydrogen-bond acceptors (Lipinski definition) is 6. The van der Waals surface area contributed by atoms with E-state index >= 15 is 0 Å². The van der Waals surface area contributed by atoms with Crippen LogP contribution in [-0.4, -0.2) is 40.0 Å². The molecular formula is C21H16F4N4O2S. The maximum absolute atomic E-state index is 13.9. The van der Waals surface area contributed by atoms with Crippen molar-refractivity contribution in [3.8, 4) is 28.7 Å². The number of nitrogens with zero attached hydrogens (tertiary/aromatic N) is 4. The van der Waals surface area contributed by atoms with Crippen molar-refractivity contribution in [3.63, 3.8) is 0 Å². The van der Waals surface area contributed by atoms with Gasteiger partial charge in [0.25, 0.3) is 0 Å². The molecule has 32 heavy (non-hydrogen) atoms. The van der Waals surface area contributed by atoms with E-state index in [4.69, 9.17) is 9.47 Å². The summed E-state index contributed by atoms with van der Waals surface area (Å²) < 4.78 is 66.2. The Bertz CT molecular complexity index is 1310. The fraction of sp³-hybridized carbons (Fsp3) is 0.190. The Hall–Kier alpha value is -3.34. The van der Waals surface area contributed by atoms with Crippen LogP contribution in [0.3, 0.4) is 0 Å². The Morgan fingerprint density at radius 1 is 0.969 bits per heavy atom. The van der Waals surface area contributed by atoms with Gasteiger partial charge in [0.2, 0.25) is 0 Å². The summed E-state index contributed by atoms with van der Waals surface area (Å²) in [4.78, 5) is 13.1. The highest BCUT2D eigenvalue weighted by molar-refractivity contribution is 7.98. The number of halogens is 4. The van der Waals surface area contributed by atoms with Crippen LogP contribution in [0.4, 0.5) is 17.6 Å². The third kappa shape index (κ3) is 3.83. The second kappa shape index (κ2) is 8.30. The predicted octanol–water partition coefficient (Wildman–Crippen LogP) is 5.38. The first-order chi connectivity index (χ1) is 15.3. The minimum absolute atomic E-state index is 0.0668. The lowest BCUT2D eigenvalue weighted by Gasteiger charge is -2.13. The Morgan fingerprint density at radius 3 is 2.34 bits per heavy atom. The zero-order chi connectivity index (χ0) is 23.0. The normalized spacial score (nSPS) is 11.7. The second-order valence-electron chi connectivity index (χ2n) is 6.56. The van der Waals surface area contributed by atoms with Gasteiger partial charge in [0, 0.05) is 23.9 Å². The molecule has 0 bridgehead atoms. The highest BCUT2D eigenvalue weighted by Gasteiger charge is 2.34. The number of hydrogen-bond donors (Lipinski definition) is 0. The van der Waals surface area contributed by atoms with Gasteiger partial charge in [-0.2, -0.15) is 13.2 Å². The van der Waals surface area contributed by atoms with Crippen LogP contribution in [0.5, 0.6) is 11.5 Å². The van der Waals surface area contributed by atoms with Crippen molar-refractivity contribution < 1.29 is 27.0 Å². The van der Waals surface area contributed by atoms with Gasteiger partial charge in [0.05, 0.1) is 30.8 Å². The van der Waals surface area contributed by atoms with Crippen molar-refractivity contribution in [2.24, 2.45) is 0 Å². The lowest BCUT2D eigenvalue weighted by Crippen LogP contribution is -2.09. The Balaban J connectivity index is 2.06. The molecule has 2 aromatic heterocycles. The number of benzene rings is 2. The van der Waals surface area contributed by atoms with Gasteiger partial charge in [-0.3, -0.25) is 4.57 Å². The van der Waals surface area contributed by atoms with E-state index in [-0.39, 0.29) is 11.4 Å². The standard InChI is InChI=1S/C21H16F4N4O2S/c1-30-16-9-14-15(10-17(16)31-2)29(18-6-7-26-20(28-18)32-3)19(27-14)11-4-5-13(22)12(8-11)21(23,24)25/h4-10H,1-3H3. The molecule has 166 valence electrons. The summed E-state index contributed by atoms with van der Waals surface area (Å²) in [6, 6.07) is 7.62. The molecule has 0 radical (unpaired) electrons. The molecule has 0 amide bonds. The van der Waals surface area contributed by atoms with Crippen LogP contribution in [0.1, 0.15) is 5.56 Å². The van der Waals surface area contributed by atoms with E-state index in [2.05, 4.69) is 15.0 Å². The number of thioether (sulfide) groups is 1. The summed E-state index contributed by atoms with van der Waals surface area (Å²) in [5, 5.41) is 0.464. The van der Waals surface area contributed by atoms with E-state index in [0.717, 1.165) is 12.1 Å². The first-order valence-corrected chi connectivity index (χ1v) is 10.4. The number of imidazole rings is 1. The van der Waals surface area contributed by atoms with Crippen LogP contribution in [0.15, 0.2) is 47.8 Å². The van der Waals surface area contributed by atoms with Crippen molar-refractivity contribution >= 4 is 22.8 Å². The highest BCUT2D eigenvalue weighted by Crippen LogP contribution is 2.38. The summed E-state index contributed by atoms with van der Waals surface area (Å²) in [7, 11) is 2.93. The first kappa shape index (κ1) is 21.9. The van der Waals surface area contributed by atoms with E-state index in [1.165, 1.54) is 38.2 Å². The molecule has 0 fully saturated rings.